The molecule has 0 amide bonds. The van der Waals surface area contributed by atoms with Crippen LogP contribution >= 0.6 is 14.5 Å². The average molecular weight is 813 g/mol. The van der Waals surface area contributed by atoms with Gasteiger partial charge in [-0.3, -0.25) is 0 Å². The predicted molar refractivity (Wildman–Crippen MR) is 209 cm³/mol. The maximum atomic E-state index is 6.40. The van der Waals surface area contributed by atoms with Crippen molar-refractivity contribution in [1.82, 2.24) is 0 Å². The molecular weight excluding hydrogens is 766 g/mol. The molecule has 0 aliphatic carbocycles. The van der Waals surface area contributed by atoms with Crippen LogP contribution in [0.4, 0.5) is 0 Å². The smallest absolute Gasteiger partial charge is 0.127 e. The van der Waals surface area contributed by atoms with Crippen LogP contribution in [0, 0.1) is 0 Å². The molecule has 0 aliphatic heterocycles. The van der Waals surface area contributed by atoms with E-state index in [4.69, 9.17) is 4.74 Å². The molecule has 0 unspecified atom stereocenters. The number of halogens is 2. The van der Waals surface area contributed by atoms with Crippen molar-refractivity contribution in [3.8, 4) is 11.5 Å². The normalized spacial score (nSPS) is 11.5. The highest BCUT2D eigenvalue weighted by molar-refractivity contribution is 7.89. The molecule has 0 heterocycles. The van der Waals surface area contributed by atoms with E-state index in [9.17, 15) is 0 Å². The third-order valence-electron chi connectivity index (χ3n) is 9.58. The number of ether oxygens (including phenoxy) is 1. The summed E-state index contributed by atoms with van der Waals surface area (Å²) in [5.41, 5.74) is 3.72. The highest BCUT2D eigenvalue weighted by atomic mass is 79.9. The molecule has 0 aromatic heterocycles. The summed E-state index contributed by atoms with van der Waals surface area (Å²) in [6, 6.07) is 62.2. The van der Waals surface area contributed by atoms with Crippen molar-refractivity contribution in [2.75, 3.05) is 0 Å². The van der Waals surface area contributed by atoms with E-state index in [2.05, 4.69) is 198 Å². The molecule has 6 aromatic rings. The predicted octanol–water partition coefficient (Wildman–Crippen LogP) is 4.64. The first kappa shape index (κ1) is 38.7. The third kappa shape index (κ3) is 8.46. The highest BCUT2D eigenvalue weighted by Gasteiger charge is 2.47. The maximum absolute atomic E-state index is 6.40. The van der Waals surface area contributed by atoms with Crippen LogP contribution in [-0.4, -0.2) is 11.3 Å². The van der Waals surface area contributed by atoms with Gasteiger partial charge in [-0.25, -0.2) is 0 Å². The van der Waals surface area contributed by atoms with Crippen LogP contribution < -0.4 is 59.9 Å². The van der Waals surface area contributed by atoms with Crippen LogP contribution in [0.3, 0.4) is 0 Å². The Bertz CT molecular complexity index is 1610. The average Bonchev–Trinajstić information content (AvgIpc) is 3.12. The number of rotatable bonds is 12. The van der Waals surface area contributed by atoms with E-state index in [1.165, 1.54) is 32.3 Å². The van der Waals surface area contributed by atoms with Crippen LogP contribution in [0.15, 0.2) is 170 Å². The van der Waals surface area contributed by atoms with Gasteiger partial charge in [0.25, 0.3) is 0 Å². The van der Waals surface area contributed by atoms with Crippen LogP contribution in [0.5, 0.6) is 11.5 Å². The molecule has 6 rings (SSSR count). The summed E-state index contributed by atoms with van der Waals surface area (Å²) in [6.07, 6.45) is 2.05. The largest absolute Gasteiger partial charge is 1.00 e. The van der Waals surface area contributed by atoms with Crippen LogP contribution in [0.2, 0.25) is 0 Å². The third-order valence-corrected chi connectivity index (χ3v) is 19.7. The van der Waals surface area contributed by atoms with Crippen molar-refractivity contribution in [3.63, 3.8) is 0 Å². The number of benzene rings is 6. The Morgan fingerprint density at radius 1 is 0.367 bits per heavy atom. The quantitative estimate of drug-likeness (QED) is 0.164. The SMILES string of the molecule is CC(C)[P+](Cc1ccc(Oc2ccc(C[P+](c3ccccc3)(c3ccccc3)C(C)C)cc2)cc1)(c1ccccc1)c1ccccc1.[Br-].[Br-]. The first-order valence-corrected chi connectivity index (χ1v) is 20.8. The summed E-state index contributed by atoms with van der Waals surface area (Å²) in [6.45, 7) is 9.56. The van der Waals surface area contributed by atoms with Crippen LogP contribution in [-0.2, 0) is 12.3 Å². The minimum atomic E-state index is -1.69. The molecule has 1 nitrogen and oxygen atoms in total. The summed E-state index contributed by atoms with van der Waals surface area (Å²) < 4.78 is 6.40. The zero-order valence-electron chi connectivity index (χ0n) is 28.8. The summed E-state index contributed by atoms with van der Waals surface area (Å²) in [5, 5.41) is 5.85. The summed E-state index contributed by atoms with van der Waals surface area (Å²) >= 11 is 0. The number of hydrogen-bond donors (Lipinski definition) is 0. The molecule has 0 N–H and O–H groups in total. The van der Waals surface area contributed by atoms with Crippen molar-refractivity contribution in [2.45, 2.75) is 51.3 Å². The summed E-state index contributed by atoms with van der Waals surface area (Å²) in [4.78, 5) is 0. The van der Waals surface area contributed by atoms with Gasteiger partial charge in [0, 0.05) is 0 Å². The second kappa shape index (κ2) is 17.7. The molecule has 252 valence electrons. The molecule has 0 aliphatic rings. The Labute approximate surface area is 316 Å². The van der Waals surface area contributed by atoms with Gasteiger partial charge in [-0.15, -0.1) is 0 Å². The van der Waals surface area contributed by atoms with Gasteiger partial charge in [0.15, 0.2) is 0 Å². The highest BCUT2D eigenvalue weighted by Crippen LogP contribution is 2.64. The van der Waals surface area contributed by atoms with Crippen molar-refractivity contribution in [2.24, 2.45) is 0 Å². The topological polar surface area (TPSA) is 9.23 Å². The van der Waals surface area contributed by atoms with Crippen molar-refractivity contribution in [3.05, 3.63) is 181 Å². The molecule has 0 atom stereocenters. The lowest BCUT2D eigenvalue weighted by Gasteiger charge is -2.31. The standard InChI is InChI=1S/C44H46OP2.2BrH/c1-35(2)46(41-17-9-5-10-18-41,42-19-11-6-12-20-42)33-37-25-29-39(30-26-37)45-40-31-27-38(28-32-40)34-47(36(3)4,43-21-13-7-14-22-43)44-23-15-8-16-24-44;;/h5-32,35-36H,33-34H2,1-4H3;2*1H/q+2;;/p-2. The molecule has 0 saturated carbocycles. The Morgan fingerprint density at radius 2 is 0.612 bits per heavy atom. The van der Waals surface area contributed by atoms with Gasteiger partial charge in [0.1, 0.15) is 11.5 Å². The zero-order valence-corrected chi connectivity index (χ0v) is 33.8. The zero-order chi connectivity index (χ0) is 32.7. The van der Waals surface area contributed by atoms with Gasteiger partial charge < -0.3 is 38.7 Å². The summed E-state index contributed by atoms with van der Waals surface area (Å²) in [5.74, 6) is 1.74. The molecule has 0 bridgehead atoms. The molecule has 6 aromatic carbocycles. The van der Waals surface area contributed by atoms with E-state index in [1.807, 2.05) is 0 Å². The van der Waals surface area contributed by atoms with E-state index in [0.717, 1.165) is 23.8 Å². The Balaban J connectivity index is 0.00000270. The Morgan fingerprint density at radius 3 is 0.837 bits per heavy atom. The van der Waals surface area contributed by atoms with E-state index in [-0.39, 0.29) is 34.0 Å². The molecule has 49 heavy (non-hydrogen) atoms. The Hall–Kier alpha value is -3.06. The lowest BCUT2D eigenvalue weighted by atomic mass is 10.2. The fourth-order valence-electron chi connectivity index (χ4n) is 7.03. The van der Waals surface area contributed by atoms with Gasteiger partial charge >= 0.3 is 0 Å². The lowest BCUT2D eigenvalue weighted by molar-refractivity contribution is -0.00100. The molecule has 0 fully saturated rings. The van der Waals surface area contributed by atoms with Gasteiger partial charge in [-0.05, 0) is 112 Å². The lowest BCUT2D eigenvalue weighted by Crippen LogP contribution is -3.00. The van der Waals surface area contributed by atoms with E-state index in [1.54, 1.807) is 0 Å². The monoisotopic (exact) mass is 810 g/mol. The first-order valence-electron chi connectivity index (χ1n) is 16.8. The molecular formula is C44H46Br2OP2. The fourth-order valence-corrected chi connectivity index (χ4v) is 15.9. The van der Waals surface area contributed by atoms with Gasteiger partial charge in [0.05, 0.1) is 59.4 Å². The fraction of sp³-hybridized carbons (Fsp3) is 0.182. The van der Waals surface area contributed by atoms with Crippen molar-refractivity contribution < 1.29 is 38.7 Å². The van der Waals surface area contributed by atoms with Crippen molar-refractivity contribution in [1.29, 1.82) is 0 Å². The van der Waals surface area contributed by atoms with Crippen molar-refractivity contribution >= 4 is 35.7 Å². The number of hydrogen-bond acceptors (Lipinski definition) is 1. The van der Waals surface area contributed by atoms with Gasteiger partial charge in [-0.1, -0.05) is 97.1 Å². The minimum absolute atomic E-state index is 0. The van der Waals surface area contributed by atoms with Gasteiger partial charge in [0.2, 0.25) is 0 Å². The van der Waals surface area contributed by atoms with Gasteiger partial charge in [-0.2, -0.15) is 0 Å². The van der Waals surface area contributed by atoms with E-state index >= 15 is 0 Å². The summed E-state index contributed by atoms with van der Waals surface area (Å²) in [7, 11) is -3.38. The molecule has 0 radical (unpaired) electrons. The minimum Gasteiger partial charge on any atom is -1.00 e. The van der Waals surface area contributed by atoms with Crippen LogP contribution in [0.1, 0.15) is 38.8 Å². The second-order valence-corrected chi connectivity index (χ2v) is 21.2. The first-order chi connectivity index (χ1) is 22.9. The second-order valence-electron chi connectivity index (χ2n) is 13.0. The maximum Gasteiger partial charge on any atom is 0.127 e. The Kier molecular flexibility index (Phi) is 14.0. The molecule has 0 spiro atoms. The van der Waals surface area contributed by atoms with Crippen LogP contribution in [0.25, 0.3) is 0 Å². The molecule has 5 heteroatoms. The molecule has 0 saturated heterocycles. The van der Waals surface area contributed by atoms with E-state index < -0.39 is 14.5 Å². The van der Waals surface area contributed by atoms with E-state index in [0.29, 0.717) is 11.3 Å².